The molecule has 0 saturated heterocycles. The fourth-order valence-corrected chi connectivity index (χ4v) is 3.65. The van der Waals surface area contributed by atoms with Crippen LogP contribution in [0.3, 0.4) is 0 Å². The number of ketones is 1. The number of Topliss-reactive ketones (excluding diaryl/α,β-unsaturated/α-hetero) is 1. The highest BCUT2D eigenvalue weighted by Crippen LogP contribution is 2.18. The summed E-state index contributed by atoms with van der Waals surface area (Å²) in [5.41, 5.74) is 4.50. The van der Waals surface area contributed by atoms with Gasteiger partial charge in [-0.1, -0.05) is 56.3 Å². The van der Waals surface area contributed by atoms with Gasteiger partial charge in [-0.05, 0) is 52.4 Å². The van der Waals surface area contributed by atoms with Crippen LogP contribution in [0.1, 0.15) is 66.2 Å². The predicted octanol–water partition coefficient (Wildman–Crippen LogP) is 4.03. The Morgan fingerprint density at radius 3 is 2.53 bits per heavy atom. The van der Waals surface area contributed by atoms with E-state index in [-0.39, 0.29) is 5.78 Å². The third kappa shape index (κ3) is 5.14. The minimum Gasteiger partial charge on any atom is -0.291 e. The quantitative estimate of drug-likeness (QED) is 0.382. The zero-order chi connectivity index (χ0) is 22.3. The van der Waals surface area contributed by atoms with Crippen molar-refractivity contribution in [3.63, 3.8) is 0 Å². The number of carbonyl (C=O) groups is 1. The Hall–Kier alpha value is -3.68. The summed E-state index contributed by atoms with van der Waals surface area (Å²) in [6.07, 6.45) is 3.87. The Bertz CT molecular complexity index is 1160. The maximum atomic E-state index is 12.2. The van der Waals surface area contributed by atoms with Crippen molar-refractivity contribution in [2.45, 2.75) is 52.5 Å². The van der Waals surface area contributed by atoms with Gasteiger partial charge in [-0.25, -0.2) is 14.8 Å². The first-order chi connectivity index (χ1) is 15.7. The molecule has 4 aromatic rings. The van der Waals surface area contributed by atoms with E-state index in [0.29, 0.717) is 24.6 Å². The number of nitrogens with one attached hydrogen (secondary N) is 1. The second-order valence-corrected chi connectivity index (χ2v) is 7.88. The van der Waals surface area contributed by atoms with Crippen LogP contribution >= 0.6 is 0 Å². The lowest BCUT2D eigenvalue weighted by Gasteiger charge is -2.08. The summed E-state index contributed by atoms with van der Waals surface area (Å²) in [5, 5.41) is 18.6. The Morgan fingerprint density at radius 1 is 1.00 bits per heavy atom. The van der Waals surface area contributed by atoms with Crippen LogP contribution in [0.5, 0.6) is 0 Å². The third-order valence-corrected chi connectivity index (χ3v) is 5.26. The van der Waals surface area contributed by atoms with Crippen LogP contribution in [-0.4, -0.2) is 41.2 Å². The molecule has 0 aliphatic rings. The van der Waals surface area contributed by atoms with Crippen LogP contribution < -0.4 is 0 Å². The molecular formula is C24H27N7O. The van der Waals surface area contributed by atoms with Crippen molar-refractivity contribution in [3.8, 4) is 11.4 Å². The molecule has 1 N–H and O–H groups in total. The molecule has 0 saturated carbocycles. The molecule has 0 unspecified atom stereocenters. The highest BCUT2D eigenvalue weighted by molar-refractivity contribution is 5.92. The van der Waals surface area contributed by atoms with Crippen molar-refractivity contribution in [2.75, 3.05) is 0 Å². The summed E-state index contributed by atoms with van der Waals surface area (Å²) in [7, 11) is 0. The molecule has 0 amide bonds. The number of aryl methyl sites for hydroxylation is 1. The van der Waals surface area contributed by atoms with E-state index in [0.717, 1.165) is 42.6 Å². The molecule has 2 heterocycles. The highest BCUT2D eigenvalue weighted by Gasteiger charge is 2.15. The Kier molecular flexibility index (Phi) is 6.79. The largest absolute Gasteiger partial charge is 0.291 e. The van der Waals surface area contributed by atoms with Crippen LogP contribution in [0.4, 0.5) is 0 Å². The van der Waals surface area contributed by atoms with Gasteiger partial charge in [-0.3, -0.25) is 4.79 Å². The van der Waals surface area contributed by atoms with Gasteiger partial charge < -0.3 is 0 Å². The number of H-pyrrole nitrogens is 1. The molecule has 0 atom stereocenters. The van der Waals surface area contributed by atoms with E-state index in [4.69, 9.17) is 0 Å². The van der Waals surface area contributed by atoms with E-state index in [1.807, 2.05) is 23.7 Å². The first kappa shape index (κ1) is 21.5. The summed E-state index contributed by atoms with van der Waals surface area (Å²) < 4.78 is 1.87. The lowest BCUT2D eigenvalue weighted by Crippen LogP contribution is -2.08. The summed E-state index contributed by atoms with van der Waals surface area (Å²) in [5.74, 6) is 1.89. The number of aromatic amines is 1. The van der Waals surface area contributed by atoms with Crippen LogP contribution in [0.15, 0.2) is 48.5 Å². The van der Waals surface area contributed by atoms with E-state index >= 15 is 0 Å². The second kappa shape index (κ2) is 10.1. The molecule has 0 aliphatic carbocycles. The number of benzene rings is 2. The molecule has 0 aliphatic heterocycles. The van der Waals surface area contributed by atoms with E-state index in [9.17, 15) is 4.79 Å². The van der Waals surface area contributed by atoms with Crippen LogP contribution in [0.25, 0.3) is 11.4 Å². The molecule has 2 aromatic heterocycles. The smallest absolute Gasteiger partial charge is 0.217 e. The number of carbonyl (C=O) groups excluding carboxylic acids is 1. The van der Waals surface area contributed by atoms with Crippen molar-refractivity contribution in [1.29, 1.82) is 0 Å². The molecule has 2 aromatic carbocycles. The maximum absolute atomic E-state index is 12.2. The topological polar surface area (TPSA) is 102 Å². The Balaban J connectivity index is 1.46. The molecule has 0 fully saturated rings. The molecule has 32 heavy (non-hydrogen) atoms. The number of nitrogens with zero attached hydrogens (tertiary/aromatic N) is 6. The van der Waals surface area contributed by atoms with Gasteiger partial charge in [0.1, 0.15) is 5.82 Å². The monoisotopic (exact) mass is 429 g/mol. The molecule has 8 nitrogen and oxygen atoms in total. The zero-order valence-electron chi connectivity index (χ0n) is 18.5. The fraction of sp³-hybridized carbons (Fsp3) is 0.333. The fourth-order valence-electron chi connectivity index (χ4n) is 3.65. The Labute approximate surface area is 187 Å². The molecule has 0 spiro atoms. The van der Waals surface area contributed by atoms with Gasteiger partial charge >= 0.3 is 0 Å². The van der Waals surface area contributed by atoms with Gasteiger partial charge in [0.2, 0.25) is 11.6 Å². The summed E-state index contributed by atoms with van der Waals surface area (Å²) >= 11 is 0. The van der Waals surface area contributed by atoms with Crippen molar-refractivity contribution < 1.29 is 4.79 Å². The minimum atomic E-state index is 0.0160. The molecule has 0 radical (unpaired) electrons. The highest BCUT2D eigenvalue weighted by atomic mass is 16.1. The number of tetrazole rings is 1. The van der Waals surface area contributed by atoms with Crippen molar-refractivity contribution in [2.24, 2.45) is 0 Å². The molecule has 4 rings (SSSR count). The summed E-state index contributed by atoms with van der Waals surface area (Å²) in [6.45, 7) is 4.70. The van der Waals surface area contributed by atoms with Crippen molar-refractivity contribution in [3.05, 3.63) is 76.9 Å². The van der Waals surface area contributed by atoms with Gasteiger partial charge in [0, 0.05) is 18.4 Å². The number of aromatic nitrogens is 7. The van der Waals surface area contributed by atoms with Gasteiger partial charge in [0.15, 0.2) is 5.82 Å². The van der Waals surface area contributed by atoms with E-state index in [1.54, 1.807) is 0 Å². The first-order valence-corrected chi connectivity index (χ1v) is 11.0. The van der Waals surface area contributed by atoms with Crippen molar-refractivity contribution >= 4 is 5.78 Å². The summed E-state index contributed by atoms with van der Waals surface area (Å²) in [6, 6.07) is 16.7. The van der Waals surface area contributed by atoms with E-state index < -0.39 is 0 Å². The number of hydrogen-bond donors (Lipinski definition) is 1. The second-order valence-electron chi connectivity index (χ2n) is 7.88. The lowest BCUT2D eigenvalue weighted by atomic mass is 10.0. The molecule has 164 valence electrons. The van der Waals surface area contributed by atoms with Gasteiger partial charge in [0.25, 0.3) is 0 Å². The normalized spacial score (nSPS) is 11.1. The zero-order valence-corrected chi connectivity index (χ0v) is 18.5. The number of rotatable bonds is 10. The molecule has 8 heteroatoms. The average molecular weight is 430 g/mol. The third-order valence-electron chi connectivity index (χ3n) is 5.26. The Morgan fingerprint density at radius 2 is 1.81 bits per heavy atom. The minimum absolute atomic E-state index is 0.0160. The van der Waals surface area contributed by atoms with Gasteiger partial charge in [-0.15, -0.1) is 10.2 Å². The summed E-state index contributed by atoms with van der Waals surface area (Å²) in [4.78, 5) is 16.7. The van der Waals surface area contributed by atoms with E-state index in [2.05, 4.69) is 74.0 Å². The molecule has 0 bridgehead atoms. The average Bonchev–Trinajstić information content (AvgIpc) is 3.47. The van der Waals surface area contributed by atoms with Crippen LogP contribution in [0, 0.1) is 0 Å². The van der Waals surface area contributed by atoms with Gasteiger partial charge in [-0.2, -0.15) is 0 Å². The number of hydrogen-bond acceptors (Lipinski definition) is 6. The van der Waals surface area contributed by atoms with Crippen LogP contribution in [0.2, 0.25) is 0 Å². The predicted molar refractivity (Wildman–Crippen MR) is 121 cm³/mol. The standard InChI is InChI=1S/C24H27N7O/c1-3-6-21(32)24-25-22(7-4-2)31(28-24)16-18-12-10-17(11-13-18)14-19-8-5-9-20(15-19)23-26-29-30-27-23/h5,8-13,15H,3-4,6-7,14,16H2,1-2H3,(H,26,27,29,30). The van der Waals surface area contributed by atoms with Gasteiger partial charge in [0.05, 0.1) is 6.54 Å². The first-order valence-electron chi connectivity index (χ1n) is 11.0. The molecular weight excluding hydrogens is 402 g/mol. The SMILES string of the molecule is CCCC(=O)c1nc(CCC)n(Cc2ccc(Cc3cccc(-c4nnn[nH]4)c3)cc2)n1. The van der Waals surface area contributed by atoms with Crippen LogP contribution in [-0.2, 0) is 19.4 Å². The van der Waals surface area contributed by atoms with Crippen molar-refractivity contribution in [1.82, 2.24) is 35.4 Å². The maximum Gasteiger partial charge on any atom is 0.217 e. The lowest BCUT2D eigenvalue weighted by molar-refractivity contribution is 0.0971. The van der Waals surface area contributed by atoms with E-state index in [1.165, 1.54) is 11.1 Å².